The van der Waals surface area contributed by atoms with Crippen molar-refractivity contribution in [1.29, 1.82) is 0 Å². The number of furan rings is 1. The maximum Gasteiger partial charge on any atom is 0.247 e. The Hall–Kier alpha value is -2.40. The molecule has 1 saturated carbocycles. The largest absolute Gasteiger partial charge is 0.504 e. The van der Waals surface area contributed by atoms with Gasteiger partial charge in [0.2, 0.25) is 21.6 Å². The summed E-state index contributed by atoms with van der Waals surface area (Å²) < 4.78 is 31.8. The van der Waals surface area contributed by atoms with Crippen molar-refractivity contribution >= 4 is 38.9 Å². The number of hydrogen-bond acceptors (Lipinski definition) is 8. The fraction of sp³-hybridized carbons (Fsp3) is 0.455. The van der Waals surface area contributed by atoms with Crippen LogP contribution in [0, 0.1) is 5.41 Å². The van der Waals surface area contributed by atoms with Crippen LogP contribution in [0.5, 0.6) is 5.75 Å². The Balaban J connectivity index is 1.63. The number of anilines is 1. The lowest BCUT2D eigenvalue weighted by atomic mass is 9.71. The van der Waals surface area contributed by atoms with Crippen LogP contribution in [0.4, 0.5) is 5.69 Å². The van der Waals surface area contributed by atoms with Gasteiger partial charge in [-0.25, -0.2) is 12.7 Å². The summed E-state index contributed by atoms with van der Waals surface area (Å²) in [5.41, 5.74) is 0.811. The second-order valence-electron chi connectivity index (χ2n) is 9.29. The number of benzene rings is 1. The van der Waals surface area contributed by atoms with Crippen LogP contribution in [0.3, 0.4) is 0 Å². The lowest BCUT2D eigenvalue weighted by molar-refractivity contribution is -0.146. The number of halogens is 1. The first-order valence-corrected chi connectivity index (χ1v) is 12.3. The normalized spacial score (nSPS) is 24.5. The SMILES string of the molecule is CN(C)S(=O)(=O)c1c(Cl)ccc(NC2C(=O)C(=O)C2NC2c3occc3CCC2(C)C)c1O. The number of nitrogens with one attached hydrogen (secondary N) is 2. The van der Waals surface area contributed by atoms with E-state index in [9.17, 15) is 23.1 Å². The molecule has 1 fully saturated rings. The monoisotopic (exact) mass is 495 g/mol. The zero-order valence-corrected chi connectivity index (χ0v) is 20.2. The number of carbonyl (C=O) groups is 2. The highest BCUT2D eigenvalue weighted by Crippen LogP contribution is 2.45. The number of carbonyl (C=O) groups excluding carboxylic acids is 2. The van der Waals surface area contributed by atoms with Gasteiger partial charge in [0.25, 0.3) is 0 Å². The Bertz CT molecular complexity index is 1240. The number of Topliss-reactive ketones (excluding diaryl/α,β-unsaturated/α-hetero) is 2. The number of aromatic hydroxyl groups is 1. The average molecular weight is 496 g/mol. The molecule has 4 rings (SSSR count). The first-order valence-electron chi connectivity index (χ1n) is 10.5. The molecule has 3 unspecified atom stereocenters. The van der Waals surface area contributed by atoms with Crippen LogP contribution in [-0.2, 0) is 26.0 Å². The lowest BCUT2D eigenvalue weighted by Crippen LogP contribution is -2.68. The molecule has 0 radical (unpaired) electrons. The molecule has 0 saturated heterocycles. The molecule has 2 aliphatic rings. The predicted molar refractivity (Wildman–Crippen MR) is 122 cm³/mol. The van der Waals surface area contributed by atoms with Crippen LogP contribution < -0.4 is 10.6 Å². The fourth-order valence-corrected chi connectivity index (χ4v) is 5.82. The average Bonchev–Trinajstić information content (AvgIpc) is 3.21. The Labute approximate surface area is 197 Å². The summed E-state index contributed by atoms with van der Waals surface area (Å²) in [5.74, 6) is -1.12. The van der Waals surface area contributed by atoms with Gasteiger partial charge >= 0.3 is 0 Å². The van der Waals surface area contributed by atoms with Crippen molar-refractivity contribution in [1.82, 2.24) is 9.62 Å². The van der Waals surface area contributed by atoms with E-state index in [2.05, 4.69) is 24.5 Å². The van der Waals surface area contributed by atoms with Crippen molar-refractivity contribution in [2.45, 2.75) is 49.7 Å². The van der Waals surface area contributed by atoms with Crippen LogP contribution in [-0.4, -0.2) is 55.6 Å². The molecule has 3 atom stereocenters. The van der Waals surface area contributed by atoms with Crippen molar-refractivity contribution < 1.29 is 27.5 Å². The van der Waals surface area contributed by atoms with Crippen molar-refractivity contribution in [3.63, 3.8) is 0 Å². The highest BCUT2D eigenvalue weighted by molar-refractivity contribution is 7.89. The third-order valence-corrected chi connectivity index (χ3v) is 8.80. The van der Waals surface area contributed by atoms with E-state index in [1.54, 1.807) is 6.26 Å². The van der Waals surface area contributed by atoms with Crippen molar-refractivity contribution in [2.75, 3.05) is 19.4 Å². The molecule has 178 valence electrons. The van der Waals surface area contributed by atoms with E-state index >= 15 is 0 Å². The fourth-order valence-electron chi connectivity index (χ4n) is 4.34. The quantitative estimate of drug-likeness (QED) is 0.412. The second-order valence-corrected chi connectivity index (χ2v) is 11.8. The molecular weight excluding hydrogens is 470 g/mol. The van der Waals surface area contributed by atoms with Gasteiger partial charge in [-0.2, -0.15) is 0 Å². The smallest absolute Gasteiger partial charge is 0.247 e. The molecule has 11 heteroatoms. The molecule has 2 aliphatic carbocycles. The molecule has 0 spiro atoms. The van der Waals surface area contributed by atoms with E-state index in [0.717, 1.165) is 28.5 Å². The van der Waals surface area contributed by atoms with Crippen LogP contribution in [0.1, 0.15) is 37.6 Å². The van der Waals surface area contributed by atoms with Crippen LogP contribution in [0.15, 0.2) is 33.8 Å². The van der Waals surface area contributed by atoms with E-state index in [1.807, 2.05) is 6.07 Å². The van der Waals surface area contributed by atoms with Gasteiger partial charge in [0.05, 0.1) is 23.0 Å². The highest BCUT2D eigenvalue weighted by Gasteiger charge is 2.52. The van der Waals surface area contributed by atoms with E-state index in [0.29, 0.717) is 0 Å². The van der Waals surface area contributed by atoms with Crippen LogP contribution in [0.2, 0.25) is 5.02 Å². The molecule has 0 amide bonds. The summed E-state index contributed by atoms with van der Waals surface area (Å²) in [6.07, 6.45) is 3.34. The van der Waals surface area contributed by atoms with Gasteiger partial charge in [-0.15, -0.1) is 0 Å². The summed E-state index contributed by atoms with van der Waals surface area (Å²) in [4.78, 5) is 24.4. The number of hydrogen-bond donors (Lipinski definition) is 3. The molecular formula is C22H26ClN3O6S. The van der Waals surface area contributed by atoms with Gasteiger partial charge in [0, 0.05) is 14.1 Å². The molecule has 3 N–H and O–H groups in total. The Morgan fingerprint density at radius 3 is 2.48 bits per heavy atom. The minimum atomic E-state index is -4.06. The summed E-state index contributed by atoms with van der Waals surface area (Å²) in [6.45, 7) is 4.12. The number of rotatable bonds is 6. The molecule has 9 nitrogen and oxygen atoms in total. The molecule has 33 heavy (non-hydrogen) atoms. The van der Waals surface area contributed by atoms with E-state index < -0.39 is 44.3 Å². The van der Waals surface area contributed by atoms with Crippen LogP contribution >= 0.6 is 11.6 Å². The van der Waals surface area contributed by atoms with Gasteiger partial charge < -0.3 is 14.8 Å². The zero-order chi connectivity index (χ0) is 24.3. The first kappa shape index (κ1) is 23.7. The Kier molecular flexibility index (Phi) is 5.84. The minimum absolute atomic E-state index is 0.0148. The summed E-state index contributed by atoms with van der Waals surface area (Å²) >= 11 is 6.05. The molecule has 0 aliphatic heterocycles. The third kappa shape index (κ3) is 3.84. The zero-order valence-electron chi connectivity index (χ0n) is 18.7. The predicted octanol–water partition coefficient (Wildman–Crippen LogP) is 2.49. The third-order valence-electron chi connectivity index (χ3n) is 6.48. The Morgan fingerprint density at radius 1 is 1.15 bits per heavy atom. The minimum Gasteiger partial charge on any atom is -0.504 e. The number of fused-ring (bicyclic) bond motifs is 1. The van der Waals surface area contributed by atoms with Gasteiger partial charge in [0.15, 0.2) is 5.75 Å². The molecule has 0 bridgehead atoms. The highest BCUT2D eigenvalue weighted by atomic mass is 35.5. The number of nitrogens with zero attached hydrogens (tertiary/aromatic N) is 1. The Morgan fingerprint density at radius 2 is 1.82 bits per heavy atom. The number of sulfonamides is 1. The second kappa shape index (κ2) is 8.12. The summed E-state index contributed by atoms with van der Waals surface area (Å²) in [5, 5.41) is 16.6. The van der Waals surface area contributed by atoms with E-state index in [4.69, 9.17) is 16.0 Å². The summed E-state index contributed by atoms with van der Waals surface area (Å²) in [6, 6.07) is 2.42. The molecule has 2 aromatic rings. The van der Waals surface area contributed by atoms with Gasteiger partial charge in [-0.1, -0.05) is 25.4 Å². The standard InChI is InChI=1S/C22H26ClN3O6S/c1-22(2)9-7-11-8-10-32-19(11)21(22)25-15-14(17(28)18(15)29)24-13-6-5-12(23)20(16(13)27)33(30,31)26(3)4/h5-6,8,10,14-15,21,24-25,27H,7,9H2,1-4H3. The van der Waals surface area contributed by atoms with E-state index in [-0.39, 0.29) is 22.2 Å². The maximum absolute atomic E-state index is 12.6. The topological polar surface area (TPSA) is 129 Å². The number of phenols is 1. The van der Waals surface area contributed by atoms with Gasteiger partial charge in [0.1, 0.15) is 22.7 Å². The molecule has 1 aromatic heterocycles. The van der Waals surface area contributed by atoms with Crippen molar-refractivity contribution in [2.24, 2.45) is 5.41 Å². The lowest BCUT2D eigenvalue weighted by Gasteiger charge is -2.43. The summed E-state index contributed by atoms with van der Waals surface area (Å²) in [7, 11) is -1.43. The number of phenolic OH excluding ortho intramolecular Hbond substituents is 1. The van der Waals surface area contributed by atoms with Crippen molar-refractivity contribution in [3.05, 3.63) is 40.8 Å². The van der Waals surface area contributed by atoms with E-state index in [1.165, 1.54) is 26.2 Å². The number of aryl methyl sites for hydroxylation is 1. The molecule has 1 aromatic carbocycles. The first-order chi connectivity index (χ1) is 15.4. The molecule has 1 heterocycles. The van der Waals surface area contributed by atoms with Crippen molar-refractivity contribution in [3.8, 4) is 5.75 Å². The van der Waals surface area contributed by atoms with Gasteiger partial charge in [-0.05, 0) is 42.0 Å². The maximum atomic E-state index is 12.6. The van der Waals surface area contributed by atoms with Crippen LogP contribution in [0.25, 0.3) is 0 Å². The van der Waals surface area contributed by atoms with Gasteiger partial charge in [-0.3, -0.25) is 14.9 Å². The number of ketones is 2.